The molecule has 0 saturated carbocycles. The van der Waals surface area contributed by atoms with E-state index in [4.69, 9.17) is 28.2 Å². The number of carbonyl (C=O) groups is 4. The van der Waals surface area contributed by atoms with Crippen LogP contribution < -0.4 is 5.32 Å². The summed E-state index contributed by atoms with van der Waals surface area (Å²) >= 11 is 0. The lowest BCUT2D eigenvalue weighted by Gasteiger charge is -2.47. The average molecular weight is 849 g/mol. The highest BCUT2D eigenvalue weighted by Gasteiger charge is 2.59. The molecular formula is C45H57FN4O11. The van der Waals surface area contributed by atoms with Gasteiger partial charge in [-0.1, -0.05) is 57.0 Å². The van der Waals surface area contributed by atoms with Crippen LogP contribution in [-0.2, 0) is 38.1 Å². The highest BCUT2D eigenvalue weighted by atomic mass is 19.1. The first-order valence-electron chi connectivity index (χ1n) is 20.8. The molecule has 2 N–H and O–H groups in total. The second-order valence-corrected chi connectivity index (χ2v) is 17.5. The third kappa shape index (κ3) is 9.22. The number of ketones is 2. The van der Waals surface area contributed by atoms with Crippen LogP contribution in [-0.4, -0.2) is 124 Å². The van der Waals surface area contributed by atoms with Gasteiger partial charge in [0, 0.05) is 47.0 Å². The number of cyclic esters (lactones) is 1. The molecule has 3 fully saturated rings. The molecule has 0 radical (unpaired) electrons. The van der Waals surface area contributed by atoms with Gasteiger partial charge in [-0.15, -0.1) is 0 Å². The van der Waals surface area contributed by atoms with Crippen LogP contribution in [0.15, 0.2) is 47.1 Å². The van der Waals surface area contributed by atoms with Crippen molar-refractivity contribution < 1.29 is 56.9 Å². The Hall–Kier alpha value is -4.79. The summed E-state index contributed by atoms with van der Waals surface area (Å²) < 4.78 is 53.1. The van der Waals surface area contributed by atoms with E-state index in [-0.39, 0.29) is 31.0 Å². The van der Waals surface area contributed by atoms with Gasteiger partial charge in [0.05, 0.1) is 29.4 Å². The molecule has 3 aliphatic rings. The molecule has 2 aromatic heterocycles. The van der Waals surface area contributed by atoms with Gasteiger partial charge in [0.2, 0.25) is 5.76 Å². The summed E-state index contributed by atoms with van der Waals surface area (Å²) in [6, 6.07) is 9.86. The molecule has 6 rings (SSSR count). The number of aliphatic hydroxyl groups excluding tert-OH is 1. The first-order valence-corrected chi connectivity index (χ1v) is 20.8. The number of alkyl halides is 1. The van der Waals surface area contributed by atoms with Gasteiger partial charge in [-0.05, 0) is 79.1 Å². The van der Waals surface area contributed by atoms with Crippen LogP contribution in [0.1, 0.15) is 80.4 Å². The summed E-state index contributed by atoms with van der Waals surface area (Å²) in [7, 11) is 3.61. The number of ether oxygens (including phenoxy) is 5. The van der Waals surface area contributed by atoms with Gasteiger partial charge in [0.25, 0.3) is 5.67 Å². The summed E-state index contributed by atoms with van der Waals surface area (Å²) in [6.45, 7) is 11.8. The Morgan fingerprint density at radius 1 is 1.05 bits per heavy atom. The number of carbonyl (C=O) groups excluding carboxylic acids is 4. The number of fused-ring (bicyclic) bond motifs is 2. The molecule has 3 saturated heterocycles. The molecule has 3 aliphatic heterocycles. The fraction of sp³-hybridized carbons (Fsp3) is 0.600. The Balaban J connectivity index is 1.38. The molecule has 0 unspecified atom stereocenters. The van der Waals surface area contributed by atoms with Crippen LogP contribution >= 0.6 is 0 Å². The summed E-state index contributed by atoms with van der Waals surface area (Å²) in [5, 5.41) is 19.4. The van der Waals surface area contributed by atoms with Gasteiger partial charge in [0.1, 0.15) is 30.3 Å². The molecule has 5 heterocycles. The minimum absolute atomic E-state index is 0.0703. The maximum Gasteiger partial charge on any atom is 0.408 e. The molecule has 1 aromatic carbocycles. The summed E-state index contributed by atoms with van der Waals surface area (Å²) in [5.74, 6) is -0.149. The summed E-state index contributed by atoms with van der Waals surface area (Å²) in [4.78, 5) is 61.8. The molecule has 330 valence electrons. The van der Waals surface area contributed by atoms with Crippen molar-refractivity contribution in [3.8, 4) is 23.1 Å². The third-order valence-corrected chi connectivity index (χ3v) is 12.6. The Morgan fingerprint density at radius 3 is 2.48 bits per heavy atom. The number of aromatic nitrogens is 2. The van der Waals surface area contributed by atoms with E-state index in [1.807, 2.05) is 42.2 Å². The second kappa shape index (κ2) is 17.9. The number of likely N-dealkylation sites (N-methyl/N-ethyl adjacent to an activating group) is 1. The van der Waals surface area contributed by atoms with Crippen LogP contribution in [0.25, 0.3) is 22.2 Å². The van der Waals surface area contributed by atoms with Crippen molar-refractivity contribution in [1.29, 1.82) is 0 Å². The van der Waals surface area contributed by atoms with Crippen LogP contribution in [0.5, 0.6) is 0 Å². The van der Waals surface area contributed by atoms with Crippen LogP contribution in [0.3, 0.4) is 0 Å². The predicted octanol–water partition coefficient (Wildman–Crippen LogP) is 5.20. The first-order chi connectivity index (χ1) is 28.7. The predicted molar refractivity (Wildman–Crippen MR) is 219 cm³/mol. The number of amides is 1. The van der Waals surface area contributed by atoms with Crippen molar-refractivity contribution >= 4 is 34.5 Å². The Labute approximate surface area is 355 Å². The minimum Gasteiger partial charge on any atom is -0.455 e. The Bertz CT molecular complexity index is 2180. The van der Waals surface area contributed by atoms with Crippen molar-refractivity contribution in [2.24, 2.45) is 17.8 Å². The molecule has 1 amide bonds. The SMILES string of the molecule is CC[C@H]1OC(=O)[C@@](C)(F)C(=O)[C@H](C)[C@@H](O[C@@H]2O[C@H](C)C[C@H](N(C)C)[C@H]2O)[C@](C)(OCC#Cc2cc(-c3cnc4ccccc4c3)no2)C[C@@H](C)C(=O)[C@H](C)[C@H]2NC(=O)O[C@@]21C. The molecule has 16 heteroatoms. The molecule has 61 heavy (non-hydrogen) atoms. The van der Waals surface area contributed by atoms with E-state index < -0.39 is 95.3 Å². The number of para-hydroxylation sites is 1. The van der Waals surface area contributed by atoms with E-state index in [9.17, 15) is 24.3 Å². The molecule has 15 nitrogen and oxygen atoms in total. The fourth-order valence-corrected chi connectivity index (χ4v) is 9.14. The van der Waals surface area contributed by atoms with Crippen LogP contribution in [0.4, 0.5) is 9.18 Å². The Kier molecular flexibility index (Phi) is 13.4. The molecular weight excluding hydrogens is 792 g/mol. The maximum absolute atomic E-state index is 16.9. The normalized spacial score (nSPS) is 36.3. The molecule has 0 bridgehead atoms. The van der Waals surface area contributed by atoms with E-state index in [0.717, 1.165) is 23.4 Å². The lowest BCUT2D eigenvalue weighted by atomic mass is 9.73. The van der Waals surface area contributed by atoms with Crippen molar-refractivity contribution in [3.63, 3.8) is 0 Å². The van der Waals surface area contributed by atoms with Gasteiger partial charge in [0.15, 0.2) is 17.7 Å². The minimum atomic E-state index is -3.23. The van der Waals surface area contributed by atoms with Gasteiger partial charge in [-0.2, -0.15) is 0 Å². The fourth-order valence-electron chi connectivity index (χ4n) is 9.14. The number of halogens is 1. The number of Topliss-reactive ketones (excluding diaryl/α,β-unsaturated/α-hetero) is 2. The van der Waals surface area contributed by atoms with E-state index in [2.05, 4.69) is 27.3 Å². The standard InChI is InChI=1S/C45H57FN4O11/c1-11-34-45(8)37(48-42(55)60-45)26(4)35(51)24(2)22-43(6,56-18-14-16-30-21-32(49-61-30)29-20-28-15-12-13-17-31(28)47-23-29)39(27(5)38(53)44(7,46)41(54)58-34)59-40-36(52)33(50(9)10)19-25(3)57-40/h12-13,15,17,20-21,23-27,33-34,36-37,39-40,52H,11,18-19,22H2,1-10H3,(H,48,55)/t24-,25-,26+,27+,33+,34-,36-,37-,39-,40+,43-,44+,45-/m1/s1. The number of nitrogens with one attached hydrogen (secondary N) is 1. The van der Waals surface area contributed by atoms with E-state index >= 15 is 4.39 Å². The molecule has 3 aromatic rings. The zero-order valence-corrected chi connectivity index (χ0v) is 36.4. The largest absolute Gasteiger partial charge is 0.455 e. The third-order valence-electron chi connectivity index (χ3n) is 12.6. The van der Waals surface area contributed by atoms with Crippen molar-refractivity contribution in [1.82, 2.24) is 20.4 Å². The average Bonchev–Trinajstić information content (AvgIpc) is 3.83. The van der Waals surface area contributed by atoms with Crippen molar-refractivity contribution in [3.05, 3.63) is 48.4 Å². The molecule has 13 atom stereocenters. The highest BCUT2D eigenvalue weighted by Crippen LogP contribution is 2.41. The number of rotatable bonds is 7. The molecule has 0 aliphatic carbocycles. The topological polar surface area (TPSA) is 189 Å². The lowest BCUT2D eigenvalue weighted by molar-refractivity contribution is -0.296. The number of benzene rings is 1. The number of alkyl carbamates (subject to hydrolysis) is 1. The van der Waals surface area contributed by atoms with Crippen LogP contribution in [0, 0.1) is 29.6 Å². The van der Waals surface area contributed by atoms with Gasteiger partial charge in [-0.3, -0.25) is 14.6 Å². The number of pyridine rings is 1. The zero-order chi connectivity index (χ0) is 44.6. The van der Waals surface area contributed by atoms with E-state index in [0.29, 0.717) is 12.1 Å². The number of nitrogens with zero attached hydrogens (tertiary/aromatic N) is 3. The quantitative estimate of drug-likeness (QED) is 0.180. The van der Waals surface area contributed by atoms with Crippen LogP contribution in [0.2, 0.25) is 0 Å². The monoisotopic (exact) mass is 848 g/mol. The summed E-state index contributed by atoms with van der Waals surface area (Å²) in [5.41, 5.74) is -4.40. The number of hydrogen-bond acceptors (Lipinski definition) is 14. The van der Waals surface area contributed by atoms with Gasteiger partial charge < -0.3 is 43.5 Å². The lowest BCUT2D eigenvalue weighted by Crippen LogP contribution is -2.61. The Morgan fingerprint density at radius 2 is 1.77 bits per heavy atom. The van der Waals surface area contributed by atoms with Crippen molar-refractivity contribution in [2.75, 3.05) is 20.7 Å². The van der Waals surface area contributed by atoms with Gasteiger partial charge >= 0.3 is 12.1 Å². The number of aliphatic hydroxyl groups is 1. The van der Waals surface area contributed by atoms with E-state index in [1.54, 1.807) is 54.1 Å². The first kappa shape index (κ1) is 45.7. The number of esters is 1. The zero-order valence-electron chi connectivity index (χ0n) is 36.4. The van der Waals surface area contributed by atoms with Crippen molar-refractivity contribution in [2.45, 2.75) is 134 Å². The smallest absolute Gasteiger partial charge is 0.408 e. The molecule has 0 spiro atoms. The maximum atomic E-state index is 16.9. The van der Waals surface area contributed by atoms with E-state index in [1.165, 1.54) is 13.8 Å². The highest BCUT2D eigenvalue weighted by molar-refractivity contribution is 6.08. The summed E-state index contributed by atoms with van der Waals surface area (Å²) in [6.07, 6.45) is -4.34. The number of hydrogen-bond donors (Lipinski definition) is 2. The second-order valence-electron chi connectivity index (χ2n) is 17.5. The van der Waals surface area contributed by atoms with Gasteiger partial charge in [-0.25, -0.2) is 14.0 Å².